The number of nitrogens with zero attached hydrogens (tertiary/aromatic N) is 1. The molecule has 48 heavy (non-hydrogen) atoms. The molecule has 10 heteroatoms. The molecule has 4 fully saturated rings. The second kappa shape index (κ2) is 13.0. The molecule has 1 aromatic rings. The van der Waals surface area contributed by atoms with Crippen LogP contribution in [0, 0.1) is 51.2 Å². The molecule has 262 valence electrons. The number of rotatable bonds is 7. The molecule has 0 spiro atoms. The number of carbonyl (C=O) groups is 2. The van der Waals surface area contributed by atoms with E-state index in [1.54, 1.807) is 0 Å². The van der Waals surface area contributed by atoms with Crippen LogP contribution in [0.1, 0.15) is 105 Å². The van der Waals surface area contributed by atoms with Crippen LogP contribution in [0.4, 0.5) is 0 Å². The Morgan fingerprint density at radius 2 is 1.71 bits per heavy atom. The highest BCUT2D eigenvalue weighted by atomic mass is 32.2. The summed E-state index contributed by atoms with van der Waals surface area (Å²) in [7, 11) is -4.29. The van der Waals surface area contributed by atoms with E-state index in [9.17, 15) is 28.2 Å². The van der Waals surface area contributed by atoms with Gasteiger partial charge in [0.1, 0.15) is 6.10 Å². The zero-order valence-electron chi connectivity index (χ0n) is 29.4. The van der Waals surface area contributed by atoms with Crippen LogP contribution in [0.3, 0.4) is 0 Å². The minimum atomic E-state index is -4.29. The van der Waals surface area contributed by atoms with Gasteiger partial charge in [-0.05, 0) is 135 Å². The first-order chi connectivity index (χ1) is 22.4. The predicted molar refractivity (Wildman–Crippen MR) is 181 cm³/mol. The number of sulfonamides is 1. The maximum absolute atomic E-state index is 14.2. The SMILES string of the molecule is CC(=O)O[C@H]1C[C@@]2(C)[C@@H](C[C@@H](O)C3[C@]2(C)CC[C@H]2[C@H](C)[C@H](O)CC[C@]32C)/C1=C(\CCC=C(C)C)C(=O)NS(=O)(=O)c1ccc(C#N)cc1. The van der Waals surface area contributed by atoms with Crippen LogP contribution in [-0.2, 0) is 24.3 Å². The molecular weight excluding hydrogens is 628 g/mol. The molecule has 0 radical (unpaired) electrons. The number of carbonyl (C=O) groups excluding carboxylic acids is 2. The Morgan fingerprint density at radius 3 is 2.31 bits per heavy atom. The second-order valence-corrected chi connectivity index (χ2v) is 17.6. The first-order valence-electron chi connectivity index (χ1n) is 17.4. The van der Waals surface area contributed by atoms with E-state index in [4.69, 9.17) is 10.00 Å². The number of hydrogen-bond donors (Lipinski definition) is 3. The highest BCUT2D eigenvalue weighted by Gasteiger charge is 2.70. The van der Waals surface area contributed by atoms with Crippen molar-refractivity contribution in [2.75, 3.05) is 0 Å². The Labute approximate surface area is 285 Å². The predicted octanol–water partition coefficient (Wildman–Crippen LogP) is 5.96. The fourth-order valence-corrected chi connectivity index (χ4v) is 11.7. The number of nitrogens with one attached hydrogen (secondary N) is 1. The fourth-order valence-electron chi connectivity index (χ4n) is 10.8. The molecule has 1 aromatic carbocycles. The van der Waals surface area contributed by atoms with Gasteiger partial charge in [0.05, 0.1) is 28.7 Å². The van der Waals surface area contributed by atoms with E-state index >= 15 is 0 Å². The molecule has 1 amide bonds. The van der Waals surface area contributed by atoms with Crippen LogP contribution < -0.4 is 4.72 Å². The summed E-state index contributed by atoms with van der Waals surface area (Å²) in [4.78, 5) is 26.7. The van der Waals surface area contributed by atoms with E-state index in [0.717, 1.165) is 24.8 Å². The topological polar surface area (TPSA) is 154 Å². The number of ether oxygens (including phenoxy) is 1. The first kappa shape index (κ1) is 36.3. The standard InChI is InChI=1S/C38H52N2O7S/c1-22(2)9-8-10-27(35(44)40-48(45,46)26-13-11-25(21-39)12-14-26)33-29-19-31(43)34-36(5)17-16-30(42)23(3)28(36)15-18-37(34,6)38(29,7)20-32(33)47-24(4)41/h9,11-14,23,28-32,34,42-43H,8,10,15-20H2,1-7H3,(H,40,44)/b33-27-/t23-,28-,29-,30+,31+,32-,34?,36-,37-,38-/m0/s1. The maximum atomic E-state index is 14.2. The highest BCUT2D eigenvalue weighted by molar-refractivity contribution is 7.90. The van der Waals surface area contributed by atoms with Crippen LogP contribution in [0.25, 0.3) is 0 Å². The third kappa shape index (κ3) is 6.05. The van der Waals surface area contributed by atoms with Crippen LogP contribution in [0.2, 0.25) is 0 Å². The lowest BCUT2D eigenvalue weighted by Gasteiger charge is -2.69. The van der Waals surface area contributed by atoms with Crippen LogP contribution in [0.15, 0.2) is 52.0 Å². The smallest absolute Gasteiger partial charge is 0.303 e. The lowest BCUT2D eigenvalue weighted by atomic mass is 9.36. The van der Waals surface area contributed by atoms with Crippen molar-refractivity contribution in [3.63, 3.8) is 0 Å². The van der Waals surface area contributed by atoms with Gasteiger partial charge in [0.25, 0.3) is 15.9 Å². The Kier molecular flexibility index (Phi) is 9.85. The molecule has 3 N–H and O–H groups in total. The quantitative estimate of drug-likeness (QED) is 0.181. The Morgan fingerprint density at radius 1 is 1.04 bits per heavy atom. The molecule has 1 unspecified atom stereocenters. The third-order valence-corrected chi connectivity index (χ3v) is 14.5. The largest absolute Gasteiger partial charge is 0.458 e. The summed E-state index contributed by atoms with van der Waals surface area (Å²) in [6.07, 6.45) is 4.97. The number of allylic oxidation sites excluding steroid dienone is 2. The van der Waals surface area contributed by atoms with E-state index in [1.807, 2.05) is 26.0 Å². The van der Waals surface area contributed by atoms with Gasteiger partial charge in [0.15, 0.2) is 0 Å². The molecule has 10 atom stereocenters. The summed E-state index contributed by atoms with van der Waals surface area (Å²) < 4.78 is 35.2. The van der Waals surface area contributed by atoms with Crippen molar-refractivity contribution in [3.8, 4) is 6.07 Å². The summed E-state index contributed by atoms with van der Waals surface area (Å²) >= 11 is 0. The first-order valence-corrected chi connectivity index (χ1v) is 18.8. The Bertz CT molecular complexity index is 1660. The maximum Gasteiger partial charge on any atom is 0.303 e. The molecule has 0 saturated heterocycles. The average Bonchev–Trinajstić information content (AvgIpc) is 3.28. The fraction of sp³-hybridized carbons (Fsp3) is 0.658. The molecule has 4 aliphatic rings. The number of aliphatic hydroxyl groups is 2. The average molecular weight is 681 g/mol. The second-order valence-electron chi connectivity index (χ2n) is 15.9. The number of aliphatic hydroxyl groups excluding tert-OH is 2. The van der Waals surface area contributed by atoms with Crippen molar-refractivity contribution in [2.45, 2.75) is 123 Å². The summed E-state index contributed by atoms with van der Waals surface area (Å²) in [6, 6.07) is 7.32. The molecule has 4 saturated carbocycles. The molecule has 0 heterocycles. The number of nitriles is 1. The van der Waals surface area contributed by atoms with Crippen molar-refractivity contribution in [2.24, 2.45) is 39.9 Å². The lowest BCUT2D eigenvalue weighted by molar-refractivity contribution is -0.234. The van der Waals surface area contributed by atoms with Crippen molar-refractivity contribution in [1.82, 2.24) is 4.72 Å². The molecule has 9 nitrogen and oxygen atoms in total. The van der Waals surface area contributed by atoms with Gasteiger partial charge < -0.3 is 14.9 Å². The molecule has 0 bridgehead atoms. The van der Waals surface area contributed by atoms with Crippen LogP contribution >= 0.6 is 0 Å². The number of hydrogen-bond acceptors (Lipinski definition) is 8. The molecular formula is C38H52N2O7S. The van der Waals surface area contributed by atoms with E-state index in [0.29, 0.717) is 36.8 Å². The summed E-state index contributed by atoms with van der Waals surface area (Å²) in [5.41, 5.74) is 1.20. The lowest BCUT2D eigenvalue weighted by Crippen LogP contribution is -2.65. The third-order valence-electron chi connectivity index (χ3n) is 13.1. The van der Waals surface area contributed by atoms with Gasteiger partial charge in [0, 0.05) is 12.5 Å². The van der Waals surface area contributed by atoms with Gasteiger partial charge in [-0.1, -0.05) is 39.3 Å². The van der Waals surface area contributed by atoms with E-state index < -0.39 is 39.5 Å². The van der Waals surface area contributed by atoms with E-state index in [2.05, 4.69) is 32.4 Å². The van der Waals surface area contributed by atoms with Gasteiger partial charge in [-0.25, -0.2) is 13.1 Å². The van der Waals surface area contributed by atoms with Gasteiger partial charge in [0.2, 0.25) is 0 Å². The Hall–Kier alpha value is -3.00. The van der Waals surface area contributed by atoms with Gasteiger partial charge in [-0.3, -0.25) is 9.59 Å². The zero-order chi connectivity index (χ0) is 35.4. The van der Waals surface area contributed by atoms with Crippen molar-refractivity contribution in [1.29, 1.82) is 5.26 Å². The number of benzene rings is 1. The summed E-state index contributed by atoms with van der Waals surface area (Å²) in [6.45, 7) is 14.1. The number of fused-ring (bicyclic) bond motifs is 5. The summed E-state index contributed by atoms with van der Waals surface area (Å²) in [5, 5.41) is 32.1. The monoisotopic (exact) mass is 680 g/mol. The molecule has 4 aliphatic carbocycles. The minimum Gasteiger partial charge on any atom is -0.458 e. The normalized spacial score (nSPS) is 38.4. The highest BCUT2D eigenvalue weighted by Crippen LogP contribution is 2.74. The summed E-state index contributed by atoms with van der Waals surface area (Å²) in [5.74, 6) is -1.24. The van der Waals surface area contributed by atoms with Crippen molar-refractivity contribution < 1.29 is 33.0 Å². The Balaban J connectivity index is 1.62. The van der Waals surface area contributed by atoms with Crippen LogP contribution in [-0.4, -0.2) is 48.8 Å². The zero-order valence-corrected chi connectivity index (χ0v) is 30.2. The molecule has 0 aliphatic heterocycles. The van der Waals surface area contributed by atoms with Crippen molar-refractivity contribution >= 4 is 21.9 Å². The number of amides is 1. The minimum absolute atomic E-state index is 0.0583. The van der Waals surface area contributed by atoms with Gasteiger partial charge in [-0.2, -0.15) is 5.26 Å². The van der Waals surface area contributed by atoms with Crippen molar-refractivity contribution in [3.05, 3.63) is 52.6 Å². The van der Waals surface area contributed by atoms with E-state index in [-0.39, 0.29) is 57.5 Å². The van der Waals surface area contributed by atoms with E-state index in [1.165, 1.54) is 31.2 Å². The van der Waals surface area contributed by atoms with Gasteiger partial charge in [-0.15, -0.1) is 0 Å². The molecule has 5 rings (SSSR count). The van der Waals surface area contributed by atoms with Gasteiger partial charge >= 0.3 is 5.97 Å². The molecule has 0 aromatic heterocycles. The number of esters is 1. The van der Waals surface area contributed by atoms with Crippen LogP contribution in [0.5, 0.6) is 0 Å².